The first-order chi connectivity index (χ1) is 19.7. The normalized spacial score (nSPS) is 34.2. The van der Waals surface area contributed by atoms with Gasteiger partial charge < -0.3 is 9.64 Å². The van der Waals surface area contributed by atoms with Gasteiger partial charge in [-0.3, -0.25) is 14.4 Å². The summed E-state index contributed by atoms with van der Waals surface area (Å²) in [6, 6.07) is 9.18. The van der Waals surface area contributed by atoms with Gasteiger partial charge in [0.2, 0.25) is 0 Å². The third kappa shape index (κ3) is 4.49. The Labute approximate surface area is 244 Å². The van der Waals surface area contributed by atoms with Crippen LogP contribution in [-0.2, 0) is 19.1 Å². The van der Waals surface area contributed by atoms with Crippen molar-refractivity contribution in [3.63, 3.8) is 0 Å². The van der Waals surface area contributed by atoms with Crippen molar-refractivity contribution in [2.75, 3.05) is 24.6 Å². The van der Waals surface area contributed by atoms with Crippen molar-refractivity contribution in [2.24, 2.45) is 28.6 Å². The fourth-order valence-electron chi connectivity index (χ4n) is 9.41. The molecule has 4 aliphatic carbocycles. The standard InChI is InChI=1S/C36H43NO4/c1-5-15-36(33(40)22-41-24(3)38)16-14-32-30-19-23(2)29-20-27(39)12-13-28(29)34(30)31(21-35(32,36)4)25-8-10-26(11-9-25)37-17-6-7-18-37/h8-11,20,23,30-32H,6-7,12-14,16-19,21-22H2,1-4H3/t23?,30-,31+,32-,35-,36+/m0/s1. The molecule has 41 heavy (non-hydrogen) atoms. The lowest BCUT2D eigenvalue weighted by Crippen LogP contribution is -2.52. The minimum atomic E-state index is -0.840. The number of hydrogen-bond donors (Lipinski definition) is 0. The number of ketones is 2. The number of hydrogen-bond acceptors (Lipinski definition) is 5. The molecule has 5 aliphatic rings. The maximum Gasteiger partial charge on any atom is 0.303 e. The van der Waals surface area contributed by atoms with Crippen molar-refractivity contribution in [2.45, 2.75) is 85.0 Å². The van der Waals surface area contributed by atoms with E-state index in [0.717, 1.165) is 38.8 Å². The van der Waals surface area contributed by atoms with Gasteiger partial charge in [-0.1, -0.05) is 37.5 Å². The maximum atomic E-state index is 14.0. The number of ether oxygens (including phenoxy) is 1. The smallest absolute Gasteiger partial charge is 0.303 e. The molecule has 1 heterocycles. The van der Waals surface area contributed by atoms with Crippen molar-refractivity contribution in [1.29, 1.82) is 0 Å². The summed E-state index contributed by atoms with van der Waals surface area (Å²) in [5.41, 5.74) is 5.56. The molecule has 6 rings (SSSR count). The van der Waals surface area contributed by atoms with E-state index < -0.39 is 11.4 Å². The first-order valence-corrected chi connectivity index (χ1v) is 15.6. The summed E-state index contributed by atoms with van der Waals surface area (Å²) in [6.45, 7) is 9.76. The predicted molar refractivity (Wildman–Crippen MR) is 160 cm³/mol. The van der Waals surface area contributed by atoms with Gasteiger partial charge in [0.1, 0.15) is 0 Å². The molecule has 1 aromatic rings. The van der Waals surface area contributed by atoms with Crippen molar-refractivity contribution in [3.8, 4) is 11.8 Å². The van der Waals surface area contributed by atoms with E-state index in [1.165, 1.54) is 47.7 Å². The Balaban J connectivity index is 1.48. The molecule has 0 aromatic heterocycles. The van der Waals surface area contributed by atoms with Crippen molar-refractivity contribution in [3.05, 3.63) is 52.6 Å². The number of fused-ring (bicyclic) bond motifs is 4. The molecule has 0 N–H and O–H groups in total. The highest BCUT2D eigenvalue weighted by molar-refractivity contribution is 5.93. The molecule has 0 bridgehead atoms. The highest BCUT2D eigenvalue weighted by Gasteiger charge is 2.65. The quantitative estimate of drug-likeness (QED) is 0.305. The predicted octanol–water partition coefficient (Wildman–Crippen LogP) is 6.57. The Morgan fingerprint density at radius 3 is 2.54 bits per heavy atom. The Kier molecular flexibility index (Phi) is 7.25. The average molecular weight is 554 g/mol. The van der Waals surface area contributed by atoms with Gasteiger partial charge in [0.25, 0.3) is 0 Å². The molecular formula is C36H43NO4. The van der Waals surface area contributed by atoms with E-state index in [0.29, 0.717) is 30.6 Å². The molecule has 0 spiro atoms. The van der Waals surface area contributed by atoms with Crippen molar-refractivity contribution >= 4 is 23.2 Å². The lowest BCUT2D eigenvalue weighted by atomic mass is 9.47. The van der Waals surface area contributed by atoms with E-state index in [2.05, 4.69) is 54.9 Å². The Hall–Kier alpha value is -3.13. The molecule has 1 aliphatic heterocycles. The first kappa shape index (κ1) is 28.0. The molecule has 5 heteroatoms. The number of carbonyl (C=O) groups excluding carboxylic acids is 3. The van der Waals surface area contributed by atoms with Gasteiger partial charge in [-0.05, 0) is 110 Å². The van der Waals surface area contributed by atoms with Crippen molar-refractivity contribution in [1.82, 2.24) is 0 Å². The van der Waals surface area contributed by atoms with Crippen LogP contribution in [0.3, 0.4) is 0 Å². The highest BCUT2D eigenvalue weighted by Crippen LogP contribution is 2.70. The second kappa shape index (κ2) is 10.6. The van der Waals surface area contributed by atoms with Gasteiger partial charge in [-0.2, -0.15) is 0 Å². The summed E-state index contributed by atoms with van der Waals surface area (Å²) in [7, 11) is 0. The van der Waals surface area contributed by atoms with E-state index in [1.807, 2.05) is 13.0 Å². The van der Waals surface area contributed by atoms with Crippen molar-refractivity contribution < 1.29 is 19.1 Å². The number of esters is 1. The summed E-state index contributed by atoms with van der Waals surface area (Å²) in [5, 5.41) is 0. The Bertz CT molecular complexity index is 1380. The number of Topliss-reactive ketones (excluding diaryl/α,β-unsaturated/α-hetero) is 1. The number of allylic oxidation sites excluding steroid dienone is 4. The third-order valence-electron chi connectivity index (χ3n) is 11.3. The third-order valence-corrected chi connectivity index (χ3v) is 11.3. The van der Waals surface area contributed by atoms with E-state index in [-0.39, 0.29) is 29.5 Å². The molecule has 1 saturated heterocycles. The van der Waals surface area contributed by atoms with Gasteiger partial charge in [0.15, 0.2) is 18.2 Å². The Morgan fingerprint density at radius 2 is 1.85 bits per heavy atom. The molecule has 6 atom stereocenters. The fourth-order valence-corrected chi connectivity index (χ4v) is 9.41. The number of rotatable bonds is 5. The van der Waals surface area contributed by atoms with E-state index in [1.54, 1.807) is 0 Å². The highest BCUT2D eigenvalue weighted by atomic mass is 16.5. The van der Waals surface area contributed by atoms with Gasteiger partial charge in [0, 0.05) is 38.0 Å². The van der Waals surface area contributed by atoms with Crippen LogP contribution in [0, 0.1) is 40.4 Å². The fraction of sp³-hybridized carbons (Fsp3) is 0.583. The summed E-state index contributed by atoms with van der Waals surface area (Å²) in [6.07, 6.45) is 9.27. The SMILES string of the molecule is CC#C[C@]1(C(=O)COC(C)=O)CC[C@H]2[C@@H]3CC(C)C4=CC(=O)CCC4=C3[C@@H](c3ccc(N4CCCC4)cc3)C[C@@]21C. The lowest BCUT2D eigenvalue weighted by molar-refractivity contribution is -0.150. The van der Waals surface area contributed by atoms with Crippen LogP contribution in [0.4, 0.5) is 5.69 Å². The second-order valence-corrected chi connectivity index (χ2v) is 13.3. The zero-order chi connectivity index (χ0) is 28.9. The minimum Gasteiger partial charge on any atom is -0.458 e. The summed E-state index contributed by atoms with van der Waals surface area (Å²) in [4.78, 5) is 40.7. The monoisotopic (exact) mass is 553 g/mol. The van der Waals surface area contributed by atoms with Crippen LogP contribution in [0.15, 0.2) is 47.1 Å². The molecule has 0 amide bonds. The lowest BCUT2D eigenvalue weighted by Gasteiger charge is -2.55. The molecule has 216 valence electrons. The van der Waals surface area contributed by atoms with E-state index in [4.69, 9.17) is 4.74 Å². The van der Waals surface area contributed by atoms with Gasteiger partial charge in [-0.15, -0.1) is 5.92 Å². The molecule has 5 nitrogen and oxygen atoms in total. The zero-order valence-electron chi connectivity index (χ0n) is 25.1. The van der Waals surface area contributed by atoms with E-state index in [9.17, 15) is 14.4 Å². The molecule has 3 fully saturated rings. The topological polar surface area (TPSA) is 63.7 Å². The summed E-state index contributed by atoms with van der Waals surface area (Å²) < 4.78 is 5.28. The van der Waals surface area contributed by atoms with Crippen LogP contribution in [0.25, 0.3) is 0 Å². The van der Waals surface area contributed by atoms with Crippen LogP contribution in [0.1, 0.15) is 90.5 Å². The van der Waals surface area contributed by atoms with E-state index >= 15 is 0 Å². The van der Waals surface area contributed by atoms with Crippen LogP contribution in [0.2, 0.25) is 0 Å². The zero-order valence-corrected chi connectivity index (χ0v) is 25.1. The summed E-state index contributed by atoms with van der Waals surface area (Å²) >= 11 is 0. The number of nitrogens with zero attached hydrogens (tertiary/aromatic N) is 1. The Morgan fingerprint density at radius 1 is 1.12 bits per heavy atom. The molecule has 0 radical (unpaired) electrons. The molecular weight excluding hydrogens is 510 g/mol. The first-order valence-electron chi connectivity index (χ1n) is 15.6. The maximum absolute atomic E-state index is 14.0. The van der Waals surface area contributed by atoms with Gasteiger partial charge in [-0.25, -0.2) is 0 Å². The minimum absolute atomic E-state index is 0.0565. The van der Waals surface area contributed by atoms with Crippen LogP contribution in [-0.4, -0.2) is 37.2 Å². The van der Waals surface area contributed by atoms with Crippen LogP contribution < -0.4 is 4.90 Å². The van der Waals surface area contributed by atoms with Gasteiger partial charge in [0.05, 0.1) is 5.41 Å². The largest absolute Gasteiger partial charge is 0.458 e. The average Bonchev–Trinajstić information content (AvgIpc) is 3.59. The summed E-state index contributed by atoms with van der Waals surface area (Å²) in [5.74, 6) is 7.45. The second-order valence-electron chi connectivity index (χ2n) is 13.3. The van der Waals surface area contributed by atoms with Crippen LogP contribution >= 0.6 is 0 Å². The number of anilines is 1. The molecule has 2 saturated carbocycles. The number of benzene rings is 1. The number of carbonyl (C=O) groups is 3. The van der Waals surface area contributed by atoms with Gasteiger partial charge >= 0.3 is 5.97 Å². The molecule has 1 aromatic carbocycles. The molecule has 1 unspecified atom stereocenters. The van der Waals surface area contributed by atoms with Crippen LogP contribution in [0.5, 0.6) is 0 Å².